The molecule has 1 unspecified atom stereocenters. The van der Waals surface area contributed by atoms with Crippen molar-refractivity contribution in [1.82, 2.24) is 4.59 Å². The van der Waals surface area contributed by atoms with Crippen molar-refractivity contribution in [3.8, 4) is 17.2 Å². The zero-order chi connectivity index (χ0) is 18.9. The molecule has 8 heteroatoms. The number of ether oxygens (including phenoxy) is 2. The van der Waals surface area contributed by atoms with E-state index in [2.05, 4.69) is 15.3 Å². The number of hydrogen-bond donors (Lipinski definition) is 2. The van der Waals surface area contributed by atoms with Gasteiger partial charge in [0.2, 0.25) is 0 Å². The lowest BCUT2D eigenvalue weighted by molar-refractivity contribution is 0.395. The Morgan fingerprint density at radius 2 is 1.81 bits per heavy atom. The molecule has 0 spiro atoms. The van der Waals surface area contributed by atoms with Gasteiger partial charge in [0.15, 0.2) is 11.9 Å². The van der Waals surface area contributed by atoms with Gasteiger partial charge in [-0.1, -0.05) is 10.7 Å². The van der Waals surface area contributed by atoms with Gasteiger partial charge in [0.1, 0.15) is 23.5 Å². The molecule has 8 nitrogen and oxygen atoms in total. The summed E-state index contributed by atoms with van der Waals surface area (Å²) in [4.78, 5) is 8.71. The number of phenolic OH excluding ortho intramolecular Hbond substituents is 1. The van der Waals surface area contributed by atoms with Gasteiger partial charge < -0.3 is 19.9 Å². The van der Waals surface area contributed by atoms with Crippen LogP contribution in [0.5, 0.6) is 17.2 Å². The third-order valence-electron chi connectivity index (χ3n) is 4.21. The molecule has 1 atom stereocenters. The number of quaternary nitrogens is 1. The summed E-state index contributed by atoms with van der Waals surface area (Å²) in [5.41, 5.74) is 1.47. The first-order valence-corrected chi connectivity index (χ1v) is 8.22. The first-order valence-electron chi connectivity index (χ1n) is 8.22. The monoisotopic (exact) mass is 364 g/mol. The number of methoxy groups -OCH3 is 2. The molecule has 0 radical (unpaired) electrons. The van der Waals surface area contributed by atoms with Gasteiger partial charge >= 0.3 is 0 Å². The summed E-state index contributed by atoms with van der Waals surface area (Å²) in [6, 6.07) is 12.3. The molecule has 27 heavy (non-hydrogen) atoms. The fourth-order valence-electron chi connectivity index (χ4n) is 2.92. The summed E-state index contributed by atoms with van der Waals surface area (Å²) >= 11 is 0. The first kappa shape index (κ1) is 16.8. The molecule has 0 bridgehead atoms. The molecule has 0 amide bonds. The normalized spacial score (nSPS) is 19.9. The Hall–Kier alpha value is -3.65. The van der Waals surface area contributed by atoms with E-state index in [0.29, 0.717) is 23.3 Å². The largest absolute Gasteiger partial charge is 0.508 e. The molecule has 0 saturated heterocycles. The fraction of sp³-hybridized carbons (Fsp3) is 0.105. The maximum atomic E-state index is 9.88. The van der Waals surface area contributed by atoms with Gasteiger partial charge in [-0.05, 0) is 11.2 Å². The highest BCUT2D eigenvalue weighted by atomic mass is 16.5. The van der Waals surface area contributed by atoms with Crippen LogP contribution >= 0.6 is 0 Å². The third-order valence-corrected chi connectivity index (χ3v) is 4.21. The molecule has 2 aromatic carbocycles. The molecular formula is C19H18N5O3+. The van der Waals surface area contributed by atoms with Crippen molar-refractivity contribution >= 4 is 29.4 Å². The van der Waals surface area contributed by atoms with Crippen LogP contribution < -0.4 is 19.4 Å². The summed E-state index contributed by atoms with van der Waals surface area (Å²) in [6.07, 6.45) is 5.10. The first-order chi connectivity index (χ1) is 13.1. The van der Waals surface area contributed by atoms with E-state index in [4.69, 9.17) is 14.6 Å². The van der Waals surface area contributed by atoms with Crippen LogP contribution in [0.1, 0.15) is 0 Å². The minimum atomic E-state index is -0.0126. The molecule has 136 valence electrons. The highest BCUT2D eigenvalue weighted by Gasteiger charge is 2.42. The van der Waals surface area contributed by atoms with E-state index < -0.39 is 0 Å². The number of nitrogens with zero attached hydrogens (tertiary/aromatic N) is 4. The Kier molecular flexibility index (Phi) is 4.09. The molecule has 2 N–H and O–H groups in total. The Labute approximate surface area is 156 Å². The maximum Gasteiger partial charge on any atom is 0.287 e. The Morgan fingerprint density at radius 3 is 2.52 bits per heavy atom. The summed E-state index contributed by atoms with van der Waals surface area (Å²) < 4.78 is 10.6. The van der Waals surface area contributed by atoms with Crippen molar-refractivity contribution in [2.24, 2.45) is 15.1 Å². The van der Waals surface area contributed by atoms with Crippen LogP contribution in [0.4, 0.5) is 11.4 Å². The van der Waals surface area contributed by atoms with Crippen molar-refractivity contribution in [2.45, 2.75) is 0 Å². The predicted molar refractivity (Wildman–Crippen MR) is 106 cm³/mol. The minimum absolute atomic E-state index is 0.0126. The van der Waals surface area contributed by atoms with Gasteiger partial charge in [0, 0.05) is 36.0 Å². The number of anilines is 1. The van der Waals surface area contributed by atoms with E-state index >= 15 is 0 Å². The van der Waals surface area contributed by atoms with E-state index in [0.717, 1.165) is 11.4 Å². The molecule has 0 aliphatic carbocycles. The quantitative estimate of drug-likeness (QED) is 0.816. The Balaban J connectivity index is 1.73. The molecule has 2 aliphatic heterocycles. The number of amidine groups is 1. The van der Waals surface area contributed by atoms with Crippen LogP contribution in [0.3, 0.4) is 0 Å². The summed E-state index contributed by atoms with van der Waals surface area (Å²) in [7, 11) is 3.19. The summed E-state index contributed by atoms with van der Waals surface area (Å²) in [5.74, 6) is 2.48. The molecule has 2 aliphatic rings. The summed E-state index contributed by atoms with van der Waals surface area (Å²) in [6.45, 7) is 0. The van der Waals surface area contributed by atoms with Crippen molar-refractivity contribution in [3.63, 3.8) is 0 Å². The smallest absolute Gasteiger partial charge is 0.287 e. The number of aromatic hydroxyl groups is 1. The number of phenols is 1. The average molecular weight is 364 g/mol. The highest BCUT2D eigenvalue weighted by molar-refractivity contribution is 6.38. The molecule has 4 rings (SSSR count). The van der Waals surface area contributed by atoms with E-state index in [1.54, 1.807) is 57.1 Å². The number of benzene rings is 2. The lowest BCUT2D eigenvalue weighted by atomic mass is 10.2. The number of aliphatic imine (C=N–C) groups is 2. The zero-order valence-electron chi connectivity index (χ0n) is 14.8. The Bertz CT molecular complexity index is 990. The number of guanidine groups is 1. The maximum absolute atomic E-state index is 9.88. The predicted octanol–water partition coefficient (Wildman–Crippen LogP) is 3.07. The fourth-order valence-corrected chi connectivity index (χ4v) is 2.92. The number of hydrogen-bond acceptors (Lipinski definition) is 7. The lowest BCUT2D eigenvalue weighted by Crippen LogP contribution is -2.44. The van der Waals surface area contributed by atoms with E-state index in [1.165, 1.54) is 0 Å². The van der Waals surface area contributed by atoms with Crippen molar-refractivity contribution in [1.29, 1.82) is 0 Å². The van der Waals surface area contributed by atoms with Crippen LogP contribution in [0.25, 0.3) is 0 Å². The second-order valence-electron chi connectivity index (χ2n) is 5.90. The second-order valence-corrected chi connectivity index (χ2v) is 5.90. The average Bonchev–Trinajstić information content (AvgIpc) is 3.06. The van der Waals surface area contributed by atoms with Crippen LogP contribution in [-0.4, -0.2) is 37.3 Å². The topological polar surface area (TPSA) is 87.8 Å². The van der Waals surface area contributed by atoms with Crippen LogP contribution in [0.2, 0.25) is 0 Å². The minimum Gasteiger partial charge on any atom is -0.508 e. The molecule has 0 fully saturated rings. The second kappa shape index (κ2) is 6.58. The number of fused-ring (bicyclic) bond motifs is 1. The molecule has 2 aromatic rings. The van der Waals surface area contributed by atoms with Gasteiger partial charge in [-0.25, -0.2) is 0 Å². The van der Waals surface area contributed by atoms with Gasteiger partial charge in [0.25, 0.3) is 11.8 Å². The van der Waals surface area contributed by atoms with E-state index in [-0.39, 0.29) is 10.3 Å². The highest BCUT2D eigenvalue weighted by Crippen LogP contribution is 2.33. The van der Waals surface area contributed by atoms with Crippen LogP contribution in [-0.2, 0) is 0 Å². The molecule has 0 aromatic heterocycles. The van der Waals surface area contributed by atoms with E-state index in [1.807, 2.05) is 18.2 Å². The standard InChI is InChI=1S/C19H17N5O3/c1-26-16-8-13(9-17(11-16)27-2)21-19-22-18-12-20-6-7-24(18,23-19)14-4-3-5-15(25)10-14/h3-12H,1-2H3,(H-,21,23,25)/p+1. The van der Waals surface area contributed by atoms with Gasteiger partial charge in [-0.15, -0.1) is 0 Å². The van der Waals surface area contributed by atoms with Crippen molar-refractivity contribution < 1.29 is 14.6 Å². The number of rotatable bonds is 4. The van der Waals surface area contributed by atoms with Crippen LogP contribution in [0.15, 0.2) is 70.0 Å². The van der Waals surface area contributed by atoms with Crippen LogP contribution in [0, 0.1) is 0 Å². The molecule has 2 heterocycles. The van der Waals surface area contributed by atoms with Gasteiger partial charge in [-0.2, -0.15) is 4.99 Å². The molecule has 0 saturated carbocycles. The third kappa shape index (κ3) is 3.02. The number of nitrogens with one attached hydrogen (secondary N) is 1. The van der Waals surface area contributed by atoms with Gasteiger partial charge in [0.05, 0.1) is 20.4 Å². The van der Waals surface area contributed by atoms with Crippen molar-refractivity contribution in [3.05, 3.63) is 54.9 Å². The van der Waals surface area contributed by atoms with Crippen molar-refractivity contribution in [2.75, 3.05) is 19.5 Å². The Morgan fingerprint density at radius 1 is 1.04 bits per heavy atom. The van der Waals surface area contributed by atoms with E-state index in [9.17, 15) is 5.11 Å². The SMILES string of the molecule is COc1cc(NC2=N[N+]3(c4cccc(O)c4)C=CN=CC3=N2)cc(OC)c1. The van der Waals surface area contributed by atoms with Gasteiger partial charge in [-0.3, -0.25) is 4.99 Å². The zero-order valence-corrected chi connectivity index (χ0v) is 14.8. The lowest BCUT2D eigenvalue weighted by Gasteiger charge is -2.23. The summed E-state index contributed by atoms with van der Waals surface area (Å²) in [5, 5.41) is 17.8. The molecular weight excluding hydrogens is 346 g/mol.